The van der Waals surface area contributed by atoms with Gasteiger partial charge in [-0.25, -0.2) is 0 Å². The summed E-state index contributed by atoms with van der Waals surface area (Å²) < 4.78 is 0. The van der Waals surface area contributed by atoms with E-state index < -0.39 is 0 Å². The molecule has 0 amide bonds. The zero-order valence-electron chi connectivity index (χ0n) is 8.11. The lowest BCUT2D eigenvalue weighted by molar-refractivity contribution is 1.17. The van der Waals surface area contributed by atoms with Crippen LogP contribution in [0.2, 0.25) is 0 Å². The fraction of sp³-hybridized carbons (Fsp3) is 0.0714. The van der Waals surface area contributed by atoms with Crippen molar-refractivity contribution in [3.05, 3.63) is 72.2 Å². The second-order valence-corrected chi connectivity index (χ2v) is 3.49. The highest BCUT2D eigenvalue weighted by Crippen LogP contribution is 2.21. The Labute approximate surface area is 85.3 Å². The van der Waals surface area contributed by atoms with Crippen LogP contribution in [-0.4, -0.2) is 0 Å². The van der Waals surface area contributed by atoms with Crippen LogP contribution in [-0.2, 0) is 0 Å². The standard InChI is InChI=1S/C14H13/c1-12-6-5-9-14(10-12)11-13-7-3-2-4-8-13/h2-9,11H,1,10H2/q+1. The van der Waals surface area contributed by atoms with Gasteiger partial charge in [0.25, 0.3) is 0 Å². The first-order valence-electron chi connectivity index (χ1n) is 4.79. The number of benzene rings is 1. The van der Waals surface area contributed by atoms with Crippen molar-refractivity contribution in [2.75, 3.05) is 0 Å². The van der Waals surface area contributed by atoms with E-state index in [4.69, 9.17) is 0 Å². The lowest BCUT2D eigenvalue weighted by Gasteiger charge is -2.03. The van der Waals surface area contributed by atoms with Gasteiger partial charge in [-0.05, 0) is 18.2 Å². The molecule has 0 fully saturated rings. The highest BCUT2D eigenvalue weighted by Gasteiger charge is 2.08. The maximum atomic E-state index is 3.96. The zero-order chi connectivity index (χ0) is 9.80. The second kappa shape index (κ2) is 4.01. The molecule has 0 unspecified atom stereocenters. The van der Waals surface area contributed by atoms with E-state index in [1.165, 1.54) is 16.7 Å². The van der Waals surface area contributed by atoms with Gasteiger partial charge in [-0.15, -0.1) is 0 Å². The molecule has 14 heavy (non-hydrogen) atoms. The van der Waals surface area contributed by atoms with E-state index in [0.717, 1.165) is 6.42 Å². The van der Waals surface area contributed by atoms with Crippen molar-refractivity contribution < 1.29 is 0 Å². The highest BCUT2D eigenvalue weighted by atomic mass is 14.1. The molecule has 1 aromatic rings. The van der Waals surface area contributed by atoms with Crippen LogP contribution in [0, 0.1) is 6.42 Å². The quantitative estimate of drug-likeness (QED) is 0.578. The van der Waals surface area contributed by atoms with Crippen molar-refractivity contribution in [2.45, 2.75) is 6.42 Å². The van der Waals surface area contributed by atoms with Crippen molar-refractivity contribution in [1.29, 1.82) is 0 Å². The van der Waals surface area contributed by atoms with Crippen molar-refractivity contribution in [1.82, 2.24) is 0 Å². The Morgan fingerprint density at radius 3 is 2.71 bits per heavy atom. The molecule has 0 radical (unpaired) electrons. The molecule has 1 aliphatic rings. The molecule has 0 saturated carbocycles. The van der Waals surface area contributed by atoms with Crippen molar-refractivity contribution in [2.24, 2.45) is 0 Å². The number of hydrogen-bond acceptors (Lipinski definition) is 0. The van der Waals surface area contributed by atoms with Gasteiger partial charge < -0.3 is 0 Å². The van der Waals surface area contributed by atoms with E-state index in [1.807, 2.05) is 6.07 Å². The molecule has 0 saturated heterocycles. The molecule has 0 bridgehead atoms. The van der Waals surface area contributed by atoms with Crippen molar-refractivity contribution in [3.8, 4) is 0 Å². The summed E-state index contributed by atoms with van der Waals surface area (Å²) in [5.41, 5.74) is 3.75. The van der Waals surface area contributed by atoms with Crippen LogP contribution < -0.4 is 0 Å². The highest BCUT2D eigenvalue weighted by molar-refractivity contribution is 5.58. The van der Waals surface area contributed by atoms with Gasteiger partial charge in [0.2, 0.25) is 0 Å². The Morgan fingerprint density at radius 2 is 2.00 bits per heavy atom. The number of rotatable bonds is 1. The van der Waals surface area contributed by atoms with Crippen LogP contribution in [0.1, 0.15) is 12.0 Å². The smallest absolute Gasteiger partial charge is 0.0581 e. The lowest BCUT2D eigenvalue weighted by Crippen LogP contribution is -1.90. The van der Waals surface area contributed by atoms with Crippen LogP contribution in [0.5, 0.6) is 0 Å². The van der Waals surface area contributed by atoms with Crippen molar-refractivity contribution in [3.63, 3.8) is 0 Å². The van der Waals surface area contributed by atoms with E-state index in [2.05, 4.69) is 55.5 Å². The molecule has 0 N–H and O–H groups in total. The minimum atomic E-state index is 0.964. The van der Waals surface area contributed by atoms with E-state index in [-0.39, 0.29) is 0 Å². The van der Waals surface area contributed by atoms with Crippen LogP contribution in [0.15, 0.2) is 60.2 Å². The Kier molecular flexibility index (Phi) is 2.55. The first-order valence-corrected chi connectivity index (χ1v) is 4.79. The second-order valence-electron chi connectivity index (χ2n) is 3.49. The molecule has 0 aromatic heterocycles. The monoisotopic (exact) mass is 181 g/mol. The normalized spacial score (nSPS) is 18.3. The largest absolute Gasteiger partial charge is 0.0622 e. The molecule has 68 valence electrons. The minimum Gasteiger partial charge on any atom is -0.0622 e. The van der Waals surface area contributed by atoms with E-state index in [0.29, 0.717) is 0 Å². The summed E-state index contributed by atoms with van der Waals surface area (Å²) in [7, 11) is 0. The van der Waals surface area contributed by atoms with Gasteiger partial charge >= 0.3 is 0 Å². The predicted molar refractivity (Wildman–Crippen MR) is 61.6 cm³/mol. The summed E-state index contributed by atoms with van der Waals surface area (Å²) in [5.74, 6) is 0. The molecular formula is C14H13+. The zero-order valence-corrected chi connectivity index (χ0v) is 8.11. The van der Waals surface area contributed by atoms with Crippen LogP contribution in [0.3, 0.4) is 0 Å². The lowest BCUT2D eigenvalue weighted by atomic mass is 9.96. The molecule has 1 aromatic carbocycles. The summed E-state index contributed by atoms with van der Waals surface area (Å²) in [6, 6.07) is 10.4. The topological polar surface area (TPSA) is 0 Å². The van der Waals surface area contributed by atoms with E-state index in [1.54, 1.807) is 0 Å². The summed E-state index contributed by atoms with van der Waals surface area (Å²) in [4.78, 5) is 0. The molecule has 1 aliphatic carbocycles. The number of allylic oxidation sites excluding steroid dienone is 4. The summed E-state index contributed by atoms with van der Waals surface area (Å²) in [5, 5.41) is 0. The summed E-state index contributed by atoms with van der Waals surface area (Å²) >= 11 is 0. The van der Waals surface area contributed by atoms with Gasteiger partial charge in [-0.2, -0.15) is 0 Å². The molecule has 0 atom stereocenters. The van der Waals surface area contributed by atoms with Gasteiger partial charge in [0.1, 0.15) is 0 Å². The third-order valence-corrected chi connectivity index (χ3v) is 2.23. The summed E-state index contributed by atoms with van der Waals surface area (Å²) in [6.07, 6.45) is 9.42. The molecule has 2 rings (SSSR count). The fourth-order valence-corrected chi connectivity index (χ4v) is 1.55. The maximum Gasteiger partial charge on any atom is 0.0581 e. The fourth-order valence-electron chi connectivity index (χ4n) is 1.55. The Balaban J connectivity index is 2.23. The first kappa shape index (κ1) is 8.89. The molecule has 0 heteroatoms. The van der Waals surface area contributed by atoms with E-state index >= 15 is 0 Å². The molecule has 0 nitrogen and oxygen atoms in total. The Hall–Kier alpha value is -1.69. The van der Waals surface area contributed by atoms with Crippen molar-refractivity contribution >= 4 is 6.08 Å². The average Bonchev–Trinajstić information content (AvgIpc) is 2.19. The molecule has 0 spiro atoms. The molecule has 0 heterocycles. The number of hydrogen-bond donors (Lipinski definition) is 0. The van der Waals surface area contributed by atoms with Crippen LogP contribution in [0.4, 0.5) is 0 Å². The minimum absolute atomic E-state index is 0.964. The summed E-state index contributed by atoms with van der Waals surface area (Å²) in [6.45, 7) is 3.96. The third-order valence-electron chi connectivity index (χ3n) is 2.23. The van der Waals surface area contributed by atoms with Gasteiger partial charge in [-0.1, -0.05) is 30.3 Å². The third kappa shape index (κ3) is 2.17. The van der Waals surface area contributed by atoms with Gasteiger partial charge in [-0.3, -0.25) is 0 Å². The van der Waals surface area contributed by atoms with E-state index in [9.17, 15) is 0 Å². The van der Waals surface area contributed by atoms with Gasteiger partial charge in [0, 0.05) is 30.6 Å². The Morgan fingerprint density at radius 1 is 1.21 bits per heavy atom. The maximum absolute atomic E-state index is 3.96. The average molecular weight is 181 g/mol. The predicted octanol–water partition coefficient (Wildman–Crippen LogP) is 3.79. The molecular weight excluding hydrogens is 168 g/mol. The van der Waals surface area contributed by atoms with Gasteiger partial charge in [0.15, 0.2) is 0 Å². The van der Waals surface area contributed by atoms with Gasteiger partial charge in [0.05, 0.1) is 5.57 Å². The van der Waals surface area contributed by atoms with Crippen LogP contribution in [0.25, 0.3) is 6.08 Å². The van der Waals surface area contributed by atoms with Crippen LogP contribution >= 0.6 is 0 Å². The SMILES string of the molecule is C=C1[CH+]C=CC(=Cc2ccccc2)C1. The Bertz CT molecular complexity index is 380. The molecule has 0 aliphatic heterocycles. The first-order chi connectivity index (χ1) is 6.84.